The molecule has 1 amide bonds. The largest absolute Gasteiger partial charge is 0.506 e. The summed E-state index contributed by atoms with van der Waals surface area (Å²) in [6, 6.07) is 13.1. The van der Waals surface area contributed by atoms with Gasteiger partial charge in [-0.1, -0.05) is 59.6 Å². The zero-order valence-corrected chi connectivity index (χ0v) is 27.3. The van der Waals surface area contributed by atoms with Crippen LogP contribution in [-0.2, 0) is 29.8 Å². The maximum Gasteiger partial charge on any atom is 0.333 e. The van der Waals surface area contributed by atoms with Crippen molar-refractivity contribution in [3.05, 3.63) is 99.6 Å². The summed E-state index contributed by atoms with van der Waals surface area (Å²) in [5.74, 6) is -1.44. The van der Waals surface area contributed by atoms with Crippen LogP contribution in [0.2, 0.25) is 10.0 Å². The van der Waals surface area contributed by atoms with Gasteiger partial charge in [-0.15, -0.1) is 11.6 Å². The van der Waals surface area contributed by atoms with E-state index in [2.05, 4.69) is 11.6 Å². The van der Waals surface area contributed by atoms with Crippen LogP contribution in [0, 0.1) is 6.92 Å². The lowest BCUT2D eigenvalue weighted by Gasteiger charge is -2.47. The van der Waals surface area contributed by atoms with Gasteiger partial charge in [-0.2, -0.15) is 0 Å². The Morgan fingerprint density at radius 1 is 1.16 bits per heavy atom. The van der Waals surface area contributed by atoms with Crippen molar-refractivity contribution in [3.8, 4) is 11.5 Å². The van der Waals surface area contributed by atoms with Gasteiger partial charge in [0.1, 0.15) is 23.5 Å². The first-order valence-electron chi connectivity index (χ1n) is 12.9. The van der Waals surface area contributed by atoms with E-state index in [1.807, 2.05) is 6.92 Å². The smallest absolute Gasteiger partial charge is 0.333 e. The zero-order valence-electron chi connectivity index (χ0n) is 23.4. The number of rotatable bonds is 12. The molecule has 1 fully saturated rings. The van der Waals surface area contributed by atoms with E-state index in [-0.39, 0.29) is 44.3 Å². The van der Waals surface area contributed by atoms with Crippen molar-refractivity contribution in [1.29, 1.82) is 0 Å². The summed E-state index contributed by atoms with van der Waals surface area (Å²) in [5.41, 5.74) is 1.74. The number of ether oxygens (including phenoxy) is 2. The van der Waals surface area contributed by atoms with E-state index in [4.69, 9.17) is 44.3 Å². The molecule has 1 saturated heterocycles. The fourth-order valence-electron chi connectivity index (χ4n) is 4.22. The molecule has 0 aromatic heterocycles. The number of aliphatic imine (C=N–C) groups is 1. The van der Waals surface area contributed by atoms with Gasteiger partial charge >= 0.3 is 5.97 Å². The summed E-state index contributed by atoms with van der Waals surface area (Å²) in [4.78, 5) is 32.3. The number of aryl methyl sites for hydroxylation is 1. The van der Waals surface area contributed by atoms with Crippen molar-refractivity contribution in [2.75, 3.05) is 13.0 Å². The number of carbonyl (C=O) groups is 2. The molecule has 4 rings (SSSR count). The predicted molar refractivity (Wildman–Crippen MR) is 173 cm³/mol. The first kappa shape index (κ1) is 33.7. The Kier molecular flexibility index (Phi) is 10.9. The number of halogens is 3. The Hall–Kier alpha value is -3.22. The van der Waals surface area contributed by atoms with Crippen LogP contribution in [0.5, 0.6) is 11.5 Å². The van der Waals surface area contributed by atoms with Crippen LogP contribution in [-0.4, -0.2) is 67.0 Å². The van der Waals surface area contributed by atoms with Crippen LogP contribution < -0.4 is 4.74 Å². The molecular formula is C30H27Cl3N2O7S2. The lowest BCUT2D eigenvalue weighted by atomic mass is 9.99. The number of carbonyl (C=O) groups excluding carboxylic acids is 2. The number of hydrogen-bond acceptors (Lipinski definition) is 9. The molecule has 3 atom stereocenters. The number of phenols is 1. The van der Waals surface area contributed by atoms with Gasteiger partial charge in [-0.25, -0.2) is 13.2 Å². The van der Waals surface area contributed by atoms with Gasteiger partial charge in [-0.05, 0) is 54.5 Å². The average molecular weight is 698 g/mol. The highest BCUT2D eigenvalue weighted by molar-refractivity contribution is 8.72. The topological polar surface area (TPSA) is 123 Å². The summed E-state index contributed by atoms with van der Waals surface area (Å²) in [6.07, 6.45) is 1.17. The minimum Gasteiger partial charge on any atom is -0.506 e. The van der Waals surface area contributed by atoms with E-state index in [0.717, 1.165) is 10.5 Å². The second kappa shape index (κ2) is 14.3. The summed E-state index contributed by atoms with van der Waals surface area (Å²) >= 11 is 18.1. The molecule has 0 bridgehead atoms. The summed E-state index contributed by atoms with van der Waals surface area (Å²) in [5, 5.41) is 9.32. The third kappa shape index (κ3) is 7.52. The van der Waals surface area contributed by atoms with Crippen LogP contribution in [0.25, 0.3) is 0 Å². The molecule has 1 aliphatic heterocycles. The van der Waals surface area contributed by atoms with Gasteiger partial charge in [0.25, 0.3) is 5.91 Å². The number of nitrogens with zero attached hydrogens (tertiary/aromatic N) is 2. The second-order valence-electron chi connectivity index (χ2n) is 9.70. The Morgan fingerprint density at radius 2 is 1.82 bits per heavy atom. The lowest BCUT2D eigenvalue weighted by Crippen LogP contribution is -2.68. The monoisotopic (exact) mass is 696 g/mol. The lowest BCUT2D eigenvalue weighted by molar-refractivity contribution is -0.161. The van der Waals surface area contributed by atoms with E-state index in [1.165, 1.54) is 37.6 Å². The van der Waals surface area contributed by atoms with Gasteiger partial charge < -0.3 is 19.5 Å². The molecule has 1 heterocycles. The molecule has 3 aromatic carbocycles. The number of methoxy groups -OCH3 is 1. The molecule has 0 aliphatic carbocycles. The summed E-state index contributed by atoms with van der Waals surface area (Å²) in [7, 11) is -2.08. The number of amides is 1. The maximum absolute atomic E-state index is 13.6. The molecule has 14 heteroatoms. The molecular weight excluding hydrogens is 671 g/mol. The molecule has 0 radical (unpaired) electrons. The number of aromatic hydroxyl groups is 1. The van der Waals surface area contributed by atoms with Crippen LogP contribution in [0.3, 0.4) is 0 Å². The van der Waals surface area contributed by atoms with Gasteiger partial charge in [-0.3, -0.25) is 9.79 Å². The third-order valence-electron chi connectivity index (χ3n) is 6.62. The molecule has 3 aromatic rings. The molecule has 0 spiro atoms. The van der Waals surface area contributed by atoms with Crippen molar-refractivity contribution in [2.24, 2.45) is 4.99 Å². The van der Waals surface area contributed by atoms with E-state index in [1.54, 1.807) is 36.4 Å². The molecule has 1 aliphatic rings. The minimum atomic E-state index is -4.05. The molecule has 3 unspecified atom stereocenters. The van der Waals surface area contributed by atoms with Crippen molar-refractivity contribution in [1.82, 2.24) is 4.90 Å². The van der Waals surface area contributed by atoms with Crippen molar-refractivity contribution >= 4 is 72.6 Å². The number of likely N-dealkylation sites (tertiary alicyclic amines) is 1. The number of hydrogen-bond donors (Lipinski definition) is 1. The van der Waals surface area contributed by atoms with E-state index in [9.17, 15) is 23.1 Å². The van der Waals surface area contributed by atoms with Crippen molar-refractivity contribution in [3.63, 3.8) is 0 Å². The van der Waals surface area contributed by atoms with E-state index in [0.29, 0.717) is 22.1 Å². The maximum atomic E-state index is 13.6. The first-order chi connectivity index (χ1) is 20.9. The van der Waals surface area contributed by atoms with Gasteiger partial charge in [0.15, 0.2) is 12.1 Å². The fourth-order valence-corrected chi connectivity index (χ4v) is 8.37. The number of esters is 1. The quantitative estimate of drug-likeness (QED) is 0.0611. The van der Waals surface area contributed by atoms with Crippen LogP contribution in [0.4, 0.5) is 0 Å². The highest BCUT2D eigenvalue weighted by atomic mass is 35.5. The van der Waals surface area contributed by atoms with Crippen molar-refractivity contribution < 1.29 is 32.6 Å². The van der Waals surface area contributed by atoms with E-state index < -0.39 is 38.2 Å². The minimum absolute atomic E-state index is 0.00389. The molecule has 44 heavy (non-hydrogen) atoms. The Labute approximate surface area is 273 Å². The molecule has 232 valence electrons. The zero-order chi connectivity index (χ0) is 32.2. The van der Waals surface area contributed by atoms with Gasteiger partial charge in [0, 0.05) is 33.5 Å². The summed E-state index contributed by atoms with van der Waals surface area (Å²) in [6.45, 7) is 5.54. The Bertz CT molecular complexity index is 1700. The van der Waals surface area contributed by atoms with E-state index >= 15 is 0 Å². The second-order valence-corrected chi connectivity index (χ2v) is 14.8. The highest BCUT2D eigenvalue weighted by Crippen LogP contribution is 2.41. The fraction of sp³-hybridized carbons (Fsp3) is 0.233. The van der Waals surface area contributed by atoms with Crippen LogP contribution >= 0.6 is 45.6 Å². The number of β-lactam (4-membered cyclic amide) rings is 1. The number of benzene rings is 3. The molecule has 0 saturated carbocycles. The Balaban J connectivity index is 1.67. The molecule has 9 nitrogen and oxygen atoms in total. The number of alkyl halides is 1. The summed E-state index contributed by atoms with van der Waals surface area (Å²) < 4.78 is 37.6. The average Bonchev–Trinajstić information content (AvgIpc) is 3.00. The first-order valence-corrected chi connectivity index (χ1v) is 17.1. The Morgan fingerprint density at radius 3 is 2.43 bits per heavy atom. The third-order valence-corrected chi connectivity index (χ3v) is 11.2. The standard InChI is InChI=1S/C30H27Cl3N2O7S2/c1-17-4-10-23(11-5-17)44(39,40)43-29-25(34-15-20-12-21(32)13-24(33)27(20)36)28(37)35(29)26(18(2)14-31)30(38)42-16-19-6-8-22(41-3)9-7-19/h4-13,15,25-26,29,36H,2,14,16H2,1,3H3. The van der Waals surface area contributed by atoms with Crippen LogP contribution in [0.15, 0.2) is 82.7 Å². The van der Waals surface area contributed by atoms with Gasteiger partial charge in [0.05, 0.1) is 17.0 Å². The predicted octanol–water partition coefficient (Wildman–Crippen LogP) is 6.00. The number of phenolic OH excluding ortho intramolecular Hbond substituents is 1. The SMILES string of the molecule is C=C(CCl)C(C(=O)OCc1ccc(OC)cc1)N1C(=O)C(N=Cc2cc(Cl)cc(Cl)c2O)C1SS(=O)(=O)c1ccc(C)cc1. The van der Waals surface area contributed by atoms with Crippen LogP contribution in [0.1, 0.15) is 16.7 Å². The van der Waals surface area contributed by atoms with Crippen molar-refractivity contribution in [2.45, 2.75) is 35.9 Å². The van der Waals surface area contributed by atoms with Gasteiger partial charge in [0.2, 0.25) is 8.87 Å². The normalized spacial score (nSPS) is 17.3. The highest BCUT2D eigenvalue weighted by Gasteiger charge is 2.55. The molecule has 1 N–H and O–H groups in total.